The van der Waals surface area contributed by atoms with E-state index in [4.69, 9.17) is 34.8 Å². The molecule has 0 unspecified atom stereocenters. The molecule has 0 spiro atoms. The zero-order chi connectivity index (χ0) is 19.1. The summed E-state index contributed by atoms with van der Waals surface area (Å²) in [6.45, 7) is 0.520. The van der Waals surface area contributed by atoms with Crippen LogP contribution in [0.1, 0.15) is 5.56 Å². The summed E-state index contributed by atoms with van der Waals surface area (Å²) in [7, 11) is 0. The van der Waals surface area contributed by atoms with Gasteiger partial charge in [0.15, 0.2) is 0 Å². The van der Waals surface area contributed by atoms with Crippen LogP contribution >= 0.6 is 34.8 Å². The van der Waals surface area contributed by atoms with E-state index in [0.29, 0.717) is 15.6 Å². The van der Waals surface area contributed by atoms with Crippen molar-refractivity contribution in [3.8, 4) is 0 Å². The summed E-state index contributed by atoms with van der Waals surface area (Å²) in [5.74, 6) is -0.327. The van der Waals surface area contributed by atoms with Crippen molar-refractivity contribution in [3.63, 3.8) is 0 Å². The Morgan fingerprint density at radius 2 is 1.88 bits per heavy atom. The van der Waals surface area contributed by atoms with E-state index >= 15 is 0 Å². The number of carbonyl (C=O) groups excluding carboxylic acids is 1. The molecule has 9 heteroatoms. The van der Waals surface area contributed by atoms with E-state index in [1.54, 1.807) is 30.3 Å². The van der Waals surface area contributed by atoms with E-state index in [1.807, 2.05) is 0 Å². The number of nitro groups is 1. The first-order valence-corrected chi connectivity index (χ1v) is 8.59. The highest BCUT2D eigenvalue weighted by atomic mass is 35.5. The summed E-state index contributed by atoms with van der Waals surface area (Å²) in [6, 6.07) is 9.36. The summed E-state index contributed by atoms with van der Waals surface area (Å²) < 4.78 is 0. The predicted molar refractivity (Wildman–Crippen MR) is 105 cm³/mol. The van der Waals surface area contributed by atoms with E-state index in [1.165, 1.54) is 18.2 Å². The number of halogens is 3. The summed E-state index contributed by atoms with van der Waals surface area (Å²) in [6.07, 6.45) is 2.91. The van der Waals surface area contributed by atoms with Gasteiger partial charge in [0.25, 0.3) is 5.69 Å². The van der Waals surface area contributed by atoms with Gasteiger partial charge in [0.1, 0.15) is 5.69 Å². The largest absolute Gasteiger partial charge is 0.376 e. The van der Waals surface area contributed by atoms with Crippen molar-refractivity contribution in [2.45, 2.75) is 0 Å². The number of amides is 1. The van der Waals surface area contributed by atoms with Gasteiger partial charge in [-0.15, -0.1) is 0 Å². The smallest absolute Gasteiger partial charge is 0.293 e. The fourth-order valence-electron chi connectivity index (χ4n) is 2.07. The van der Waals surface area contributed by atoms with Gasteiger partial charge in [0, 0.05) is 35.3 Å². The molecular formula is C17H14Cl3N3O3. The minimum Gasteiger partial charge on any atom is -0.376 e. The zero-order valence-corrected chi connectivity index (χ0v) is 15.6. The van der Waals surface area contributed by atoms with Crippen molar-refractivity contribution >= 4 is 58.2 Å². The average molecular weight is 415 g/mol. The summed E-state index contributed by atoms with van der Waals surface area (Å²) in [5.41, 5.74) is 0.758. The Morgan fingerprint density at radius 1 is 1.12 bits per heavy atom. The Kier molecular flexibility index (Phi) is 7.26. The van der Waals surface area contributed by atoms with E-state index in [-0.39, 0.29) is 35.4 Å². The number of carbonyl (C=O) groups is 1. The molecule has 2 rings (SSSR count). The van der Waals surface area contributed by atoms with Crippen molar-refractivity contribution in [1.29, 1.82) is 0 Å². The summed E-state index contributed by atoms with van der Waals surface area (Å²) >= 11 is 17.8. The molecule has 6 nitrogen and oxygen atoms in total. The van der Waals surface area contributed by atoms with Crippen LogP contribution in [0.4, 0.5) is 11.4 Å². The molecule has 1 amide bonds. The SMILES string of the molecule is O=C(C=Cc1ccc(Cl)cc1Cl)NCCNc1c(Cl)cccc1[N+](=O)[O-]. The zero-order valence-electron chi connectivity index (χ0n) is 13.3. The van der Waals surface area contributed by atoms with Crippen molar-refractivity contribution in [2.75, 3.05) is 18.4 Å². The molecule has 0 heterocycles. The number of hydrogen-bond donors (Lipinski definition) is 2. The molecule has 0 saturated carbocycles. The standard InChI is InChI=1S/C17H14Cl3N3O3/c18-12-6-4-11(14(20)10-12)5-7-16(24)21-8-9-22-17-13(19)2-1-3-15(17)23(25)26/h1-7,10,22H,8-9H2,(H,21,24). The first kappa shape index (κ1) is 20.0. The minimum atomic E-state index is -0.522. The van der Waals surface area contributed by atoms with Crippen molar-refractivity contribution < 1.29 is 9.72 Å². The Morgan fingerprint density at radius 3 is 2.58 bits per heavy atom. The third-order valence-electron chi connectivity index (χ3n) is 3.29. The molecule has 0 aliphatic heterocycles. The summed E-state index contributed by atoms with van der Waals surface area (Å²) in [5, 5.41) is 17.7. The van der Waals surface area contributed by atoms with Crippen LogP contribution < -0.4 is 10.6 Å². The van der Waals surface area contributed by atoms with Crippen LogP contribution in [0.3, 0.4) is 0 Å². The third kappa shape index (κ3) is 5.62. The van der Waals surface area contributed by atoms with Gasteiger partial charge in [-0.05, 0) is 29.8 Å². The average Bonchev–Trinajstić information content (AvgIpc) is 2.58. The van der Waals surface area contributed by atoms with Crippen molar-refractivity contribution in [1.82, 2.24) is 5.32 Å². The highest BCUT2D eigenvalue weighted by molar-refractivity contribution is 6.35. The van der Waals surface area contributed by atoms with Gasteiger partial charge in [-0.25, -0.2) is 0 Å². The number of rotatable bonds is 7. The molecule has 2 aromatic rings. The number of nitro benzene ring substituents is 1. The normalized spacial score (nSPS) is 10.7. The third-order valence-corrected chi connectivity index (χ3v) is 4.17. The molecule has 26 heavy (non-hydrogen) atoms. The van der Waals surface area contributed by atoms with Gasteiger partial charge in [-0.2, -0.15) is 0 Å². The van der Waals surface area contributed by atoms with Gasteiger partial charge in [-0.1, -0.05) is 46.9 Å². The first-order chi connectivity index (χ1) is 12.4. The van der Waals surface area contributed by atoms with E-state index < -0.39 is 4.92 Å². The van der Waals surface area contributed by atoms with Crippen LogP contribution in [-0.2, 0) is 4.79 Å². The van der Waals surface area contributed by atoms with Crippen LogP contribution in [0, 0.1) is 10.1 Å². The second-order valence-electron chi connectivity index (χ2n) is 5.11. The van der Waals surface area contributed by atoms with Crippen LogP contribution in [0.25, 0.3) is 6.08 Å². The number of benzene rings is 2. The highest BCUT2D eigenvalue weighted by Crippen LogP contribution is 2.31. The van der Waals surface area contributed by atoms with Crippen LogP contribution in [0.5, 0.6) is 0 Å². The number of hydrogen-bond acceptors (Lipinski definition) is 4. The number of nitrogens with one attached hydrogen (secondary N) is 2. The molecule has 0 saturated heterocycles. The van der Waals surface area contributed by atoms with E-state index in [2.05, 4.69) is 10.6 Å². The topological polar surface area (TPSA) is 84.3 Å². The molecule has 0 radical (unpaired) electrons. The molecule has 0 fully saturated rings. The maximum atomic E-state index is 11.8. The summed E-state index contributed by atoms with van der Waals surface area (Å²) in [4.78, 5) is 22.3. The molecule has 2 aromatic carbocycles. The Bertz CT molecular complexity index is 856. The fourth-order valence-corrected chi connectivity index (χ4v) is 2.78. The molecule has 0 bridgehead atoms. The van der Waals surface area contributed by atoms with Crippen LogP contribution in [0.2, 0.25) is 15.1 Å². The van der Waals surface area contributed by atoms with Gasteiger partial charge >= 0.3 is 0 Å². The Balaban J connectivity index is 1.86. The lowest BCUT2D eigenvalue weighted by Gasteiger charge is -2.09. The van der Waals surface area contributed by atoms with Gasteiger partial charge in [0.2, 0.25) is 5.91 Å². The molecule has 0 aliphatic rings. The minimum absolute atomic E-state index is 0.124. The molecular weight excluding hydrogens is 401 g/mol. The Labute approximate surface area is 164 Å². The number of anilines is 1. The van der Waals surface area contributed by atoms with Gasteiger partial charge in [0.05, 0.1) is 9.95 Å². The quantitative estimate of drug-likeness (QED) is 0.295. The van der Waals surface area contributed by atoms with E-state index in [0.717, 1.165) is 0 Å². The maximum Gasteiger partial charge on any atom is 0.293 e. The second-order valence-corrected chi connectivity index (χ2v) is 6.36. The molecule has 0 aromatic heterocycles. The maximum absolute atomic E-state index is 11.8. The number of para-hydroxylation sites is 1. The van der Waals surface area contributed by atoms with Crippen LogP contribution in [0.15, 0.2) is 42.5 Å². The predicted octanol–water partition coefficient (Wildman–Crippen LogP) is 4.80. The fraction of sp³-hybridized carbons (Fsp3) is 0.118. The number of nitrogens with zero attached hydrogens (tertiary/aromatic N) is 1. The highest BCUT2D eigenvalue weighted by Gasteiger charge is 2.15. The second kappa shape index (κ2) is 9.43. The van der Waals surface area contributed by atoms with Gasteiger partial charge in [-0.3, -0.25) is 14.9 Å². The molecule has 2 N–H and O–H groups in total. The molecule has 136 valence electrons. The lowest BCUT2D eigenvalue weighted by atomic mass is 10.2. The molecule has 0 atom stereocenters. The van der Waals surface area contributed by atoms with Crippen molar-refractivity contribution in [2.24, 2.45) is 0 Å². The van der Waals surface area contributed by atoms with Crippen LogP contribution in [-0.4, -0.2) is 23.9 Å². The van der Waals surface area contributed by atoms with E-state index in [9.17, 15) is 14.9 Å². The lowest BCUT2D eigenvalue weighted by molar-refractivity contribution is -0.383. The monoisotopic (exact) mass is 413 g/mol. The van der Waals surface area contributed by atoms with Gasteiger partial charge < -0.3 is 10.6 Å². The Hall–Kier alpha value is -2.28. The van der Waals surface area contributed by atoms with Crippen molar-refractivity contribution in [3.05, 3.63) is 73.2 Å². The lowest BCUT2D eigenvalue weighted by Crippen LogP contribution is -2.27. The first-order valence-electron chi connectivity index (χ1n) is 7.46. The molecule has 0 aliphatic carbocycles.